The second-order valence-electron chi connectivity index (χ2n) is 2.33. The fourth-order valence-electron chi connectivity index (χ4n) is 0.832. The van der Waals surface area contributed by atoms with Crippen LogP contribution in [-0.4, -0.2) is 20.2 Å². The number of aromatic nitrogens is 4. The first kappa shape index (κ1) is 9.36. The van der Waals surface area contributed by atoms with Gasteiger partial charge in [0, 0.05) is 6.20 Å². The summed E-state index contributed by atoms with van der Waals surface area (Å²) in [6.45, 7) is 0. The summed E-state index contributed by atoms with van der Waals surface area (Å²) in [5.74, 6) is 0. The van der Waals surface area contributed by atoms with Gasteiger partial charge in [0.25, 0.3) is 0 Å². The van der Waals surface area contributed by atoms with Crippen molar-refractivity contribution in [2.75, 3.05) is 0 Å². The van der Waals surface area contributed by atoms with Crippen molar-refractivity contribution in [2.24, 2.45) is 0 Å². The third-order valence-electron chi connectivity index (χ3n) is 1.36. The van der Waals surface area contributed by atoms with Crippen molar-refractivity contribution in [1.29, 1.82) is 0 Å². The van der Waals surface area contributed by atoms with E-state index >= 15 is 0 Å². The average Bonchev–Trinajstić information content (AvgIpc) is 2.19. The van der Waals surface area contributed by atoms with Crippen molar-refractivity contribution in [3.63, 3.8) is 0 Å². The summed E-state index contributed by atoms with van der Waals surface area (Å²) < 4.78 is 0. The molecule has 0 N–H and O–H groups in total. The molecule has 4 nitrogen and oxygen atoms in total. The Morgan fingerprint density at radius 2 is 2.14 bits per heavy atom. The minimum atomic E-state index is 0.144. The smallest absolute Gasteiger partial charge is 0.244 e. The van der Waals surface area contributed by atoms with Gasteiger partial charge in [-0.05, 0) is 35.5 Å². The van der Waals surface area contributed by atoms with Crippen LogP contribution in [0.1, 0.15) is 0 Å². The van der Waals surface area contributed by atoms with E-state index in [1.807, 2.05) is 18.2 Å². The quantitative estimate of drug-likeness (QED) is 0.782. The third kappa shape index (κ3) is 2.40. The van der Waals surface area contributed by atoms with Crippen LogP contribution in [0.5, 0.6) is 0 Å². The van der Waals surface area contributed by atoms with Gasteiger partial charge in [-0.1, -0.05) is 6.07 Å². The lowest BCUT2D eigenvalue weighted by atomic mass is 10.5. The van der Waals surface area contributed by atoms with Gasteiger partial charge in [0.05, 0.1) is 6.20 Å². The molecule has 14 heavy (non-hydrogen) atoms. The first-order valence-corrected chi connectivity index (χ1v) is 4.98. The van der Waals surface area contributed by atoms with E-state index in [4.69, 9.17) is 11.6 Å². The largest absolute Gasteiger partial charge is 0.250 e. The highest BCUT2D eigenvalue weighted by molar-refractivity contribution is 7.99. The number of pyridine rings is 1. The number of hydrogen-bond donors (Lipinski definition) is 0. The van der Waals surface area contributed by atoms with Gasteiger partial charge in [-0.15, -0.1) is 5.10 Å². The highest BCUT2D eigenvalue weighted by Gasteiger charge is 2.00. The van der Waals surface area contributed by atoms with E-state index in [-0.39, 0.29) is 5.28 Å². The molecule has 0 unspecified atom stereocenters. The minimum Gasteiger partial charge on any atom is -0.250 e. The SMILES string of the molecule is Clc1nncc(Sc2ccccn2)n1. The Balaban J connectivity index is 2.19. The van der Waals surface area contributed by atoms with E-state index in [9.17, 15) is 0 Å². The number of rotatable bonds is 2. The van der Waals surface area contributed by atoms with Crippen LogP contribution in [0.25, 0.3) is 0 Å². The third-order valence-corrected chi connectivity index (χ3v) is 2.37. The molecule has 0 aromatic carbocycles. The molecule has 6 heteroatoms. The molecule has 0 aliphatic heterocycles. The summed E-state index contributed by atoms with van der Waals surface area (Å²) in [5, 5.41) is 8.92. The van der Waals surface area contributed by atoms with Gasteiger partial charge in [0.2, 0.25) is 5.28 Å². The fourth-order valence-corrected chi connectivity index (χ4v) is 1.72. The molecule has 0 aliphatic rings. The molecule has 0 saturated heterocycles. The summed E-state index contributed by atoms with van der Waals surface area (Å²) in [7, 11) is 0. The molecule has 2 aromatic rings. The molecule has 2 aromatic heterocycles. The zero-order valence-electron chi connectivity index (χ0n) is 6.96. The van der Waals surface area contributed by atoms with Crippen LogP contribution in [0.3, 0.4) is 0 Å². The first-order valence-electron chi connectivity index (χ1n) is 3.79. The molecule has 0 atom stereocenters. The Kier molecular flexibility index (Phi) is 2.90. The molecule has 0 saturated carbocycles. The van der Waals surface area contributed by atoms with Crippen LogP contribution in [0, 0.1) is 0 Å². The van der Waals surface area contributed by atoms with Crippen LogP contribution in [0.15, 0.2) is 40.6 Å². The number of hydrogen-bond acceptors (Lipinski definition) is 5. The van der Waals surface area contributed by atoms with Gasteiger partial charge in [0.15, 0.2) is 0 Å². The van der Waals surface area contributed by atoms with Crippen molar-refractivity contribution in [2.45, 2.75) is 10.1 Å². The molecule has 0 spiro atoms. The van der Waals surface area contributed by atoms with Crippen LogP contribution in [0.4, 0.5) is 0 Å². The minimum absolute atomic E-state index is 0.144. The molecule has 0 fully saturated rings. The summed E-state index contributed by atoms with van der Waals surface area (Å²) in [6, 6.07) is 5.65. The Morgan fingerprint density at radius 1 is 1.21 bits per heavy atom. The van der Waals surface area contributed by atoms with Crippen molar-refractivity contribution in [3.05, 3.63) is 35.9 Å². The van der Waals surface area contributed by atoms with Crippen molar-refractivity contribution in [3.8, 4) is 0 Å². The summed E-state index contributed by atoms with van der Waals surface area (Å²) in [4.78, 5) is 8.12. The summed E-state index contributed by atoms with van der Waals surface area (Å²) >= 11 is 6.99. The van der Waals surface area contributed by atoms with Crippen molar-refractivity contribution in [1.82, 2.24) is 20.2 Å². The van der Waals surface area contributed by atoms with E-state index in [2.05, 4.69) is 20.2 Å². The lowest BCUT2D eigenvalue weighted by Crippen LogP contribution is -1.88. The molecular formula is C8H5ClN4S. The Bertz CT molecular complexity index is 423. The van der Waals surface area contributed by atoms with E-state index < -0.39 is 0 Å². The number of nitrogens with zero attached hydrogens (tertiary/aromatic N) is 4. The topological polar surface area (TPSA) is 51.6 Å². The molecule has 0 bridgehead atoms. The van der Waals surface area contributed by atoms with Gasteiger partial charge in [-0.3, -0.25) is 0 Å². The Hall–Kier alpha value is -1.20. The molecular weight excluding hydrogens is 220 g/mol. The lowest BCUT2D eigenvalue weighted by molar-refractivity contribution is 0.902. The maximum atomic E-state index is 5.59. The lowest BCUT2D eigenvalue weighted by Gasteiger charge is -1.97. The van der Waals surface area contributed by atoms with Crippen LogP contribution in [0.2, 0.25) is 5.28 Å². The Morgan fingerprint density at radius 3 is 2.86 bits per heavy atom. The second kappa shape index (κ2) is 4.34. The van der Waals surface area contributed by atoms with Crippen LogP contribution < -0.4 is 0 Å². The van der Waals surface area contributed by atoms with Gasteiger partial charge >= 0.3 is 0 Å². The maximum Gasteiger partial charge on any atom is 0.244 e. The second-order valence-corrected chi connectivity index (χ2v) is 3.71. The van der Waals surface area contributed by atoms with Gasteiger partial charge < -0.3 is 0 Å². The standard InChI is InChI=1S/C8H5ClN4S/c9-8-12-7(5-11-13-8)14-6-3-1-2-4-10-6/h1-5H. The van der Waals surface area contributed by atoms with E-state index in [0.717, 1.165) is 5.03 Å². The zero-order valence-corrected chi connectivity index (χ0v) is 8.53. The molecule has 70 valence electrons. The monoisotopic (exact) mass is 224 g/mol. The normalized spacial score (nSPS) is 10.1. The summed E-state index contributed by atoms with van der Waals surface area (Å²) in [6.07, 6.45) is 3.27. The predicted molar refractivity (Wildman–Crippen MR) is 53.2 cm³/mol. The van der Waals surface area contributed by atoms with Crippen molar-refractivity contribution >= 4 is 23.4 Å². The molecule has 0 aliphatic carbocycles. The van der Waals surface area contributed by atoms with Gasteiger partial charge in [0.1, 0.15) is 10.1 Å². The highest BCUT2D eigenvalue weighted by atomic mass is 35.5. The number of halogens is 1. The van der Waals surface area contributed by atoms with Gasteiger partial charge in [-0.2, -0.15) is 5.10 Å². The molecule has 2 heterocycles. The van der Waals surface area contributed by atoms with E-state index in [1.54, 1.807) is 12.4 Å². The summed E-state index contributed by atoms with van der Waals surface area (Å²) in [5.41, 5.74) is 0. The van der Waals surface area contributed by atoms with Gasteiger partial charge in [-0.25, -0.2) is 9.97 Å². The Labute approximate surface area is 89.8 Å². The first-order chi connectivity index (χ1) is 6.84. The van der Waals surface area contributed by atoms with E-state index in [1.165, 1.54) is 11.8 Å². The molecule has 0 radical (unpaired) electrons. The van der Waals surface area contributed by atoms with Crippen LogP contribution in [-0.2, 0) is 0 Å². The predicted octanol–water partition coefficient (Wildman–Crippen LogP) is 2.07. The van der Waals surface area contributed by atoms with Crippen LogP contribution >= 0.6 is 23.4 Å². The average molecular weight is 225 g/mol. The maximum absolute atomic E-state index is 5.59. The molecule has 2 rings (SSSR count). The highest BCUT2D eigenvalue weighted by Crippen LogP contribution is 2.22. The van der Waals surface area contributed by atoms with Crippen molar-refractivity contribution < 1.29 is 0 Å². The van der Waals surface area contributed by atoms with E-state index in [0.29, 0.717) is 5.03 Å². The zero-order chi connectivity index (χ0) is 9.80. The fraction of sp³-hybridized carbons (Fsp3) is 0. The molecule has 0 amide bonds.